The van der Waals surface area contributed by atoms with Crippen molar-refractivity contribution in [2.75, 3.05) is 0 Å². The third-order valence-electron chi connectivity index (χ3n) is 2.06. The Morgan fingerprint density at radius 2 is 2.06 bits per heavy atom. The molecule has 0 fully saturated rings. The van der Waals surface area contributed by atoms with Crippen molar-refractivity contribution in [3.8, 4) is 11.8 Å². The van der Waals surface area contributed by atoms with Crippen molar-refractivity contribution < 1.29 is 14.6 Å². The van der Waals surface area contributed by atoms with Crippen molar-refractivity contribution in [2.24, 2.45) is 0 Å². The van der Waals surface area contributed by atoms with Gasteiger partial charge in [-0.3, -0.25) is 4.79 Å². The summed E-state index contributed by atoms with van der Waals surface area (Å²) in [6.07, 6.45) is 3.25. The van der Waals surface area contributed by atoms with Crippen molar-refractivity contribution in [2.45, 2.75) is 6.42 Å². The number of hydrogen-bond donors (Lipinski definition) is 1. The van der Waals surface area contributed by atoms with Crippen LogP contribution in [0, 0.1) is 3.57 Å². The largest absolute Gasteiger partial charge is 0.481 e. The van der Waals surface area contributed by atoms with Gasteiger partial charge in [0.25, 0.3) is 0 Å². The molecule has 92 valence electrons. The maximum atomic E-state index is 10.6. The Morgan fingerprint density at radius 1 is 1.33 bits per heavy atom. The summed E-state index contributed by atoms with van der Waals surface area (Å²) in [5.41, 5.74) is 0.672. The van der Waals surface area contributed by atoms with Crippen LogP contribution in [0.2, 0.25) is 0 Å². The van der Waals surface area contributed by atoms with Gasteiger partial charge < -0.3 is 9.84 Å². The number of hydrogen-bond acceptors (Lipinski definition) is 4. The van der Waals surface area contributed by atoms with Gasteiger partial charge in [-0.05, 0) is 40.3 Å². The highest BCUT2D eigenvalue weighted by molar-refractivity contribution is 14.1. The van der Waals surface area contributed by atoms with Crippen LogP contribution in [0.3, 0.4) is 0 Å². The molecular formula is C12H9IN2O3. The number of carbonyl (C=O) groups is 1. The molecule has 18 heavy (non-hydrogen) atoms. The molecule has 1 N–H and O–H groups in total. The summed E-state index contributed by atoms with van der Waals surface area (Å²) < 4.78 is 6.35. The lowest BCUT2D eigenvalue weighted by atomic mass is 10.1. The molecule has 2 rings (SSSR count). The molecule has 0 aliphatic carbocycles. The molecule has 0 spiro atoms. The normalized spacial score (nSPS) is 10.1. The molecule has 0 atom stereocenters. The van der Waals surface area contributed by atoms with Gasteiger partial charge in [-0.15, -0.1) is 0 Å². The minimum absolute atomic E-state index is 0.0370. The molecule has 0 saturated heterocycles. The number of nitrogens with zero attached hydrogens (tertiary/aromatic N) is 2. The summed E-state index contributed by atoms with van der Waals surface area (Å²) in [7, 11) is 0. The van der Waals surface area contributed by atoms with E-state index in [0.717, 1.165) is 3.57 Å². The molecule has 0 radical (unpaired) electrons. The van der Waals surface area contributed by atoms with Crippen molar-refractivity contribution >= 4 is 28.6 Å². The lowest BCUT2D eigenvalue weighted by Crippen LogP contribution is -2.00. The van der Waals surface area contributed by atoms with Crippen LogP contribution >= 0.6 is 22.6 Å². The van der Waals surface area contributed by atoms with Gasteiger partial charge in [0.05, 0.1) is 6.42 Å². The molecule has 5 nitrogen and oxygen atoms in total. The Hall–Kier alpha value is -1.70. The first-order valence-corrected chi connectivity index (χ1v) is 6.17. The molecular weight excluding hydrogens is 347 g/mol. The fraction of sp³-hybridized carbons (Fsp3) is 0.0833. The van der Waals surface area contributed by atoms with E-state index in [2.05, 4.69) is 32.6 Å². The standard InChI is InChI=1S/C12H9IN2O3/c13-9-6-14-12(15-7-9)18-10-3-1-2-8(4-10)5-11(16)17/h1-4,6-7H,5H2,(H,16,17). The fourth-order valence-electron chi connectivity index (χ4n) is 1.35. The number of aromatic nitrogens is 2. The third kappa shape index (κ3) is 3.66. The van der Waals surface area contributed by atoms with E-state index in [1.54, 1.807) is 36.7 Å². The minimum atomic E-state index is -0.877. The maximum Gasteiger partial charge on any atom is 0.321 e. The molecule has 0 aliphatic rings. The number of ether oxygens (including phenoxy) is 1. The van der Waals surface area contributed by atoms with Crippen molar-refractivity contribution in [1.82, 2.24) is 9.97 Å². The predicted molar refractivity (Wildman–Crippen MR) is 72.6 cm³/mol. The van der Waals surface area contributed by atoms with Gasteiger partial charge in [-0.1, -0.05) is 12.1 Å². The molecule has 0 aliphatic heterocycles. The van der Waals surface area contributed by atoms with Crippen LogP contribution in [0.15, 0.2) is 36.7 Å². The highest BCUT2D eigenvalue weighted by atomic mass is 127. The molecule has 1 aromatic carbocycles. The number of carboxylic acid groups (broad SMARTS) is 1. The Labute approximate surface area is 117 Å². The average molecular weight is 356 g/mol. The van der Waals surface area contributed by atoms with Crippen LogP contribution in [0.5, 0.6) is 11.8 Å². The van der Waals surface area contributed by atoms with E-state index in [-0.39, 0.29) is 12.4 Å². The van der Waals surface area contributed by atoms with E-state index in [0.29, 0.717) is 11.3 Å². The molecule has 0 amide bonds. The van der Waals surface area contributed by atoms with Gasteiger partial charge in [0.1, 0.15) is 5.75 Å². The highest BCUT2D eigenvalue weighted by Crippen LogP contribution is 2.19. The number of carboxylic acids is 1. The Balaban J connectivity index is 2.13. The molecule has 2 aromatic rings. The van der Waals surface area contributed by atoms with Crippen LogP contribution in [0.25, 0.3) is 0 Å². The van der Waals surface area contributed by atoms with Gasteiger partial charge in [-0.25, -0.2) is 9.97 Å². The van der Waals surface area contributed by atoms with Crippen LogP contribution in [0.4, 0.5) is 0 Å². The monoisotopic (exact) mass is 356 g/mol. The first-order chi connectivity index (χ1) is 8.63. The second kappa shape index (κ2) is 5.76. The van der Waals surface area contributed by atoms with Crippen molar-refractivity contribution in [1.29, 1.82) is 0 Å². The molecule has 0 bridgehead atoms. The highest BCUT2D eigenvalue weighted by Gasteiger charge is 2.04. The Morgan fingerprint density at radius 3 is 2.72 bits per heavy atom. The van der Waals surface area contributed by atoms with Crippen LogP contribution in [0.1, 0.15) is 5.56 Å². The quantitative estimate of drug-likeness (QED) is 0.853. The zero-order valence-electron chi connectivity index (χ0n) is 9.21. The van der Waals surface area contributed by atoms with Gasteiger partial charge in [0.15, 0.2) is 0 Å². The summed E-state index contributed by atoms with van der Waals surface area (Å²) in [5, 5.41) is 8.71. The SMILES string of the molecule is O=C(O)Cc1cccc(Oc2ncc(I)cn2)c1. The first kappa shape index (κ1) is 12.7. The smallest absolute Gasteiger partial charge is 0.321 e. The zero-order valence-corrected chi connectivity index (χ0v) is 11.4. The molecule has 6 heteroatoms. The topological polar surface area (TPSA) is 72.3 Å². The van der Waals surface area contributed by atoms with E-state index in [4.69, 9.17) is 9.84 Å². The minimum Gasteiger partial charge on any atom is -0.481 e. The Kier molecular flexibility index (Phi) is 4.08. The van der Waals surface area contributed by atoms with E-state index in [1.807, 2.05) is 0 Å². The summed E-state index contributed by atoms with van der Waals surface area (Å²) in [6, 6.07) is 7.10. The lowest BCUT2D eigenvalue weighted by molar-refractivity contribution is -0.136. The van der Waals surface area contributed by atoms with Gasteiger partial charge in [0.2, 0.25) is 0 Å². The third-order valence-corrected chi connectivity index (χ3v) is 2.62. The summed E-state index contributed by atoms with van der Waals surface area (Å²) in [4.78, 5) is 18.6. The number of aliphatic carboxylic acids is 1. The van der Waals surface area contributed by atoms with E-state index < -0.39 is 5.97 Å². The average Bonchev–Trinajstić information content (AvgIpc) is 2.32. The van der Waals surface area contributed by atoms with Crippen molar-refractivity contribution in [3.05, 3.63) is 45.8 Å². The summed E-state index contributed by atoms with van der Waals surface area (Å²) in [5.74, 6) is -0.354. The second-order valence-electron chi connectivity index (χ2n) is 3.50. The molecule has 1 aromatic heterocycles. The van der Waals surface area contributed by atoms with Gasteiger partial charge in [0, 0.05) is 16.0 Å². The predicted octanol–water partition coefficient (Wildman–Crippen LogP) is 2.50. The van der Waals surface area contributed by atoms with Crippen molar-refractivity contribution in [3.63, 3.8) is 0 Å². The lowest BCUT2D eigenvalue weighted by Gasteiger charge is -2.04. The van der Waals surface area contributed by atoms with E-state index >= 15 is 0 Å². The maximum absolute atomic E-state index is 10.6. The summed E-state index contributed by atoms with van der Waals surface area (Å²) >= 11 is 2.10. The fourth-order valence-corrected chi connectivity index (χ4v) is 1.63. The summed E-state index contributed by atoms with van der Waals surface area (Å²) in [6.45, 7) is 0. The van der Waals surface area contributed by atoms with E-state index in [9.17, 15) is 4.79 Å². The Bertz CT molecular complexity index is 558. The van der Waals surface area contributed by atoms with Crippen LogP contribution in [-0.4, -0.2) is 21.0 Å². The molecule has 0 saturated carbocycles. The van der Waals surface area contributed by atoms with Crippen LogP contribution in [-0.2, 0) is 11.2 Å². The van der Waals surface area contributed by atoms with Crippen LogP contribution < -0.4 is 4.74 Å². The van der Waals surface area contributed by atoms with Gasteiger partial charge >= 0.3 is 12.0 Å². The number of halogens is 1. The first-order valence-electron chi connectivity index (χ1n) is 5.09. The number of rotatable bonds is 4. The van der Waals surface area contributed by atoms with E-state index in [1.165, 1.54) is 0 Å². The van der Waals surface area contributed by atoms with Gasteiger partial charge in [-0.2, -0.15) is 0 Å². The number of benzene rings is 1. The molecule has 0 unspecified atom stereocenters. The molecule has 1 heterocycles. The zero-order chi connectivity index (χ0) is 13.0. The second-order valence-corrected chi connectivity index (χ2v) is 4.75.